The number of piperidine rings is 1. The molecule has 0 unspecified atom stereocenters. The van der Waals surface area contributed by atoms with Crippen molar-refractivity contribution in [1.29, 1.82) is 0 Å². The Labute approximate surface area is 202 Å². The molecular formula is C28H45N5. The molecule has 0 bridgehead atoms. The summed E-state index contributed by atoms with van der Waals surface area (Å²) in [5.74, 6) is 1.84. The van der Waals surface area contributed by atoms with Gasteiger partial charge in [-0.2, -0.15) is 0 Å². The summed E-state index contributed by atoms with van der Waals surface area (Å²) in [6.07, 6.45) is 15.2. The molecule has 1 aromatic carbocycles. The van der Waals surface area contributed by atoms with Gasteiger partial charge in [-0.1, -0.05) is 30.3 Å². The molecule has 0 spiro atoms. The Morgan fingerprint density at radius 2 is 1.67 bits per heavy atom. The number of nitrogens with zero attached hydrogens (tertiary/aromatic N) is 4. The van der Waals surface area contributed by atoms with E-state index in [1.54, 1.807) is 0 Å². The Balaban J connectivity index is 0.000000412. The molecule has 2 heterocycles. The van der Waals surface area contributed by atoms with E-state index in [1.165, 1.54) is 61.4 Å². The highest BCUT2D eigenvalue weighted by molar-refractivity contribution is 5.80. The van der Waals surface area contributed by atoms with Crippen molar-refractivity contribution >= 4 is 11.5 Å². The van der Waals surface area contributed by atoms with Crippen LogP contribution < -0.4 is 5.73 Å². The molecular weight excluding hydrogens is 406 g/mol. The highest BCUT2D eigenvalue weighted by atomic mass is 15.2. The minimum absolute atomic E-state index is 0.642. The molecule has 2 aliphatic rings. The van der Waals surface area contributed by atoms with Crippen LogP contribution in [0.1, 0.15) is 70.4 Å². The topological polar surface area (TPSA) is 57.2 Å². The number of terminal acetylenes is 1. The van der Waals surface area contributed by atoms with Crippen molar-refractivity contribution in [3.63, 3.8) is 0 Å². The molecule has 2 aliphatic heterocycles. The lowest BCUT2D eigenvalue weighted by Crippen LogP contribution is -2.34. The quantitative estimate of drug-likeness (QED) is 0.385. The average molecular weight is 452 g/mol. The molecule has 3 rings (SSSR count). The molecule has 5 nitrogen and oxygen atoms in total. The third-order valence-electron chi connectivity index (χ3n) is 6.28. The monoisotopic (exact) mass is 451 g/mol. The van der Waals surface area contributed by atoms with Crippen LogP contribution in [-0.4, -0.2) is 61.1 Å². The summed E-state index contributed by atoms with van der Waals surface area (Å²) < 4.78 is 0. The van der Waals surface area contributed by atoms with Gasteiger partial charge in [0.15, 0.2) is 0 Å². The van der Waals surface area contributed by atoms with Crippen LogP contribution in [0, 0.1) is 12.8 Å². The van der Waals surface area contributed by atoms with Crippen LogP contribution in [0.25, 0.3) is 0 Å². The lowest BCUT2D eigenvalue weighted by molar-refractivity contribution is 0.227. The van der Waals surface area contributed by atoms with E-state index in [-0.39, 0.29) is 0 Å². The van der Waals surface area contributed by atoms with E-state index in [0.29, 0.717) is 12.5 Å². The van der Waals surface area contributed by atoms with Gasteiger partial charge in [-0.25, -0.2) is 0 Å². The molecule has 2 saturated heterocycles. The number of likely N-dealkylation sites (tertiary alicyclic amines) is 2. The summed E-state index contributed by atoms with van der Waals surface area (Å²) in [6.45, 7) is 14.6. The minimum Gasteiger partial charge on any atom is -0.361 e. The summed E-state index contributed by atoms with van der Waals surface area (Å²) in [7, 11) is 1.85. The molecule has 0 radical (unpaired) electrons. The number of aliphatic imine (C=N–C) groups is 2. The molecule has 0 aliphatic carbocycles. The minimum atomic E-state index is 0.642. The number of hydrogen-bond acceptors (Lipinski definition) is 4. The van der Waals surface area contributed by atoms with Gasteiger partial charge in [0.05, 0.1) is 11.5 Å². The lowest BCUT2D eigenvalue weighted by atomic mass is 9.86. The Kier molecular flexibility index (Phi) is 14.1. The van der Waals surface area contributed by atoms with Crippen LogP contribution in [0.3, 0.4) is 0 Å². The van der Waals surface area contributed by atoms with E-state index >= 15 is 0 Å². The molecule has 0 saturated carbocycles. The van der Waals surface area contributed by atoms with Gasteiger partial charge in [-0.3, -0.25) is 14.9 Å². The van der Waals surface area contributed by atoms with Gasteiger partial charge in [0, 0.05) is 38.9 Å². The summed E-state index contributed by atoms with van der Waals surface area (Å²) in [5, 5.41) is 0. The third-order valence-corrected chi connectivity index (χ3v) is 6.28. The molecule has 0 amide bonds. The van der Waals surface area contributed by atoms with Crippen LogP contribution in [0.4, 0.5) is 0 Å². The van der Waals surface area contributed by atoms with Gasteiger partial charge >= 0.3 is 0 Å². The Morgan fingerprint density at radius 3 is 2.18 bits per heavy atom. The van der Waals surface area contributed by atoms with Crippen molar-refractivity contribution in [3.8, 4) is 12.8 Å². The highest BCUT2D eigenvalue weighted by Crippen LogP contribution is 2.30. The van der Waals surface area contributed by atoms with Gasteiger partial charge in [-0.15, -0.1) is 12.8 Å². The summed E-state index contributed by atoms with van der Waals surface area (Å²) in [6, 6.07) is 8.64. The van der Waals surface area contributed by atoms with Crippen LogP contribution in [0.2, 0.25) is 0 Å². The van der Waals surface area contributed by atoms with E-state index in [0.717, 1.165) is 25.3 Å². The standard InChI is InChI=1S/C19H29N3.C7H14N2.C2H2/c1-4-18(21-15(2)3)14-22-11-9-16(10-12-22)19-8-6-5-7-17(19)13-20;1-7(8-2)9-5-3-4-6-9;1-2/h4-8,16H,9-14,20H2,1-3H3;3-6H2,1-2H3;1-2H/b18-4-;;. The Morgan fingerprint density at radius 1 is 1.06 bits per heavy atom. The second-order valence-corrected chi connectivity index (χ2v) is 8.76. The molecule has 2 fully saturated rings. The molecule has 33 heavy (non-hydrogen) atoms. The van der Waals surface area contributed by atoms with Crippen molar-refractivity contribution in [2.24, 2.45) is 15.7 Å². The Bertz CT molecular complexity index is 788. The third kappa shape index (κ3) is 9.94. The second-order valence-electron chi connectivity index (χ2n) is 8.76. The van der Waals surface area contributed by atoms with Crippen LogP contribution in [-0.2, 0) is 6.54 Å². The molecule has 2 N–H and O–H groups in total. The second kappa shape index (κ2) is 16.2. The van der Waals surface area contributed by atoms with E-state index in [4.69, 9.17) is 5.73 Å². The normalized spacial score (nSPS) is 17.5. The van der Waals surface area contributed by atoms with E-state index in [9.17, 15) is 0 Å². The predicted molar refractivity (Wildman–Crippen MR) is 145 cm³/mol. The molecule has 0 atom stereocenters. The maximum absolute atomic E-state index is 5.88. The fraction of sp³-hybridized carbons (Fsp3) is 0.571. The molecule has 5 heteroatoms. The molecule has 0 aromatic heterocycles. The number of nitrogens with two attached hydrogens (primary N) is 1. The first-order valence-electron chi connectivity index (χ1n) is 12.2. The fourth-order valence-corrected chi connectivity index (χ4v) is 4.41. The van der Waals surface area contributed by atoms with Crippen molar-refractivity contribution in [1.82, 2.24) is 9.80 Å². The number of allylic oxidation sites excluding steroid dienone is 1. The number of hydrogen-bond donors (Lipinski definition) is 1. The highest BCUT2D eigenvalue weighted by Gasteiger charge is 2.22. The number of benzene rings is 1. The summed E-state index contributed by atoms with van der Waals surface area (Å²) >= 11 is 0. The first-order chi connectivity index (χ1) is 16.0. The van der Waals surface area contributed by atoms with Gasteiger partial charge in [0.25, 0.3) is 0 Å². The SMILES string of the molecule is C#C.C/C=C(/CN1CCC(c2ccccc2CN)CC1)N=C(C)C.CN=C(C)N1CCCC1. The van der Waals surface area contributed by atoms with Crippen LogP contribution in [0.15, 0.2) is 46.0 Å². The van der Waals surface area contributed by atoms with E-state index in [1.807, 2.05) is 7.05 Å². The maximum Gasteiger partial charge on any atom is 0.0954 e. The predicted octanol–water partition coefficient (Wildman–Crippen LogP) is 5.09. The van der Waals surface area contributed by atoms with Crippen molar-refractivity contribution in [2.45, 2.75) is 65.8 Å². The zero-order chi connectivity index (χ0) is 24.6. The number of amidine groups is 1. The number of rotatable bonds is 5. The van der Waals surface area contributed by atoms with Gasteiger partial charge in [0.1, 0.15) is 0 Å². The Hall–Kier alpha value is -2.42. The fourth-order valence-electron chi connectivity index (χ4n) is 4.41. The first kappa shape index (κ1) is 28.6. The van der Waals surface area contributed by atoms with E-state index in [2.05, 4.69) is 90.7 Å². The van der Waals surface area contributed by atoms with Gasteiger partial charge < -0.3 is 10.6 Å². The summed E-state index contributed by atoms with van der Waals surface area (Å²) in [4.78, 5) is 13.6. The zero-order valence-electron chi connectivity index (χ0n) is 21.6. The summed E-state index contributed by atoms with van der Waals surface area (Å²) in [5.41, 5.74) is 11.0. The smallest absolute Gasteiger partial charge is 0.0954 e. The van der Waals surface area contributed by atoms with Crippen LogP contribution >= 0.6 is 0 Å². The lowest BCUT2D eigenvalue weighted by Gasteiger charge is -2.33. The average Bonchev–Trinajstić information content (AvgIpc) is 3.40. The van der Waals surface area contributed by atoms with Gasteiger partial charge in [-0.05, 0) is 83.5 Å². The molecule has 1 aromatic rings. The van der Waals surface area contributed by atoms with E-state index < -0.39 is 0 Å². The van der Waals surface area contributed by atoms with Gasteiger partial charge in [0.2, 0.25) is 0 Å². The van der Waals surface area contributed by atoms with Crippen molar-refractivity contribution in [3.05, 3.63) is 47.2 Å². The van der Waals surface area contributed by atoms with Crippen molar-refractivity contribution in [2.75, 3.05) is 39.8 Å². The largest absolute Gasteiger partial charge is 0.361 e. The van der Waals surface area contributed by atoms with Crippen molar-refractivity contribution < 1.29 is 0 Å². The maximum atomic E-state index is 5.88. The first-order valence-corrected chi connectivity index (χ1v) is 12.2. The zero-order valence-corrected chi connectivity index (χ0v) is 21.6. The van der Waals surface area contributed by atoms with Crippen LogP contribution in [0.5, 0.6) is 0 Å². The molecule has 182 valence electrons.